The quantitative estimate of drug-likeness (QED) is 0.702. The number of ether oxygens (including phenoxy) is 1. The third-order valence-corrected chi connectivity index (χ3v) is 4.00. The van der Waals surface area contributed by atoms with E-state index in [1.807, 2.05) is 36.4 Å². The van der Waals surface area contributed by atoms with Crippen molar-refractivity contribution in [3.8, 4) is 5.75 Å². The average molecular weight is 360 g/mol. The molecule has 0 fully saturated rings. The lowest BCUT2D eigenvalue weighted by atomic mass is 9.97. The molecule has 0 aromatic heterocycles. The maximum Gasteiger partial charge on any atom is 0.125 e. The first-order chi connectivity index (χ1) is 12.4. The molecule has 1 atom stereocenters. The van der Waals surface area contributed by atoms with Crippen molar-refractivity contribution < 1.29 is 14.9 Å². The second-order valence-corrected chi connectivity index (χ2v) is 7.33. The Morgan fingerprint density at radius 2 is 1.69 bits per heavy atom. The van der Waals surface area contributed by atoms with Crippen LogP contribution in [-0.4, -0.2) is 29.4 Å². The summed E-state index contributed by atoms with van der Waals surface area (Å²) in [4.78, 5) is 0. The second kappa shape index (κ2) is 11.0. The van der Waals surface area contributed by atoms with E-state index in [1.54, 1.807) is 0 Å². The van der Waals surface area contributed by atoms with E-state index in [9.17, 15) is 5.11 Å². The van der Waals surface area contributed by atoms with Gasteiger partial charge in [0.25, 0.3) is 0 Å². The van der Waals surface area contributed by atoms with Crippen molar-refractivity contribution in [2.75, 3.05) is 13.7 Å². The summed E-state index contributed by atoms with van der Waals surface area (Å²) in [5.74, 6) is 1.12. The van der Waals surface area contributed by atoms with Crippen LogP contribution in [-0.2, 0) is 13.2 Å². The fourth-order valence-corrected chi connectivity index (χ4v) is 2.48. The van der Waals surface area contributed by atoms with Crippen LogP contribution in [0.25, 0.3) is 0 Å². The van der Waals surface area contributed by atoms with Crippen molar-refractivity contribution in [3.63, 3.8) is 0 Å². The van der Waals surface area contributed by atoms with Crippen molar-refractivity contribution in [2.24, 2.45) is 0 Å². The molecule has 3 N–H and O–H groups in total. The molecule has 0 spiro atoms. The molecular weight excluding hydrogens is 326 g/mol. The van der Waals surface area contributed by atoms with Gasteiger partial charge in [-0.15, -0.1) is 0 Å². The lowest BCUT2D eigenvalue weighted by molar-refractivity contribution is 0.258. The van der Waals surface area contributed by atoms with Crippen molar-refractivity contribution >= 4 is 0 Å². The van der Waals surface area contributed by atoms with Crippen LogP contribution >= 0.6 is 0 Å². The highest BCUT2D eigenvalue weighted by atomic mass is 16.5. The average Bonchev–Trinajstić information content (AvgIpc) is 2.66. The Hall–Kier alpha value is -1.88. The van der Waals surface area contributed by atoms with Crippen molar-refractivity contribution in [1.82, 2.24) is 5.32 Å². The number of rotatable bonds is 7. The minimum absolute atomic E-state index is 0.0165. The SMILES string of the molecule is CC(CNC(C)(C)C)c1ccc(OCc2ccccc2)c(CO)c1.CO. The summed E-state index contributed by atoms with van der Waals surface area (Å²) in [5, 5.41) is 20.2. The lowest BCUT2D eigenvalue weighted by Gasteiger charge is -2.24. The molecule has 0 radical (unpaired) electrons. The molecule has 0 amide bonds. The van der Waals surface area contributed by atoms with Crippen LogP contribution in [0.3, 0.4) is 0 Å². The van der Waals surface area contributed by atoms with Gasteiger partial charge in [-0.2, -0.15) is 0 Å². The van der Waals surface area contributed by atoms with Crippen LogP contribution in [0.15, 0.2) is 48.5 Å². The highest BCUT2D eigenvalue weighted by molar-refractivity contribution is 5.38. The fourth-order valence-electron chi connectivity index (χ4n) is 2.48. The summed E-state index contributed by atoms with van der Waals surface area (Å²) >= 11 is 0. The van der Waals surface area contributed by atoms with Crippen LogP contribution in [0.5, 0.6) is 5.75 Å². The minimum Gasteiger partial charge on any atom is -0.489 e. The van der Waals surface area contributed by atoms with E-state index in [1.165, 1.54) is 5.56 Å². The highest BCUT2D eigenvalue weighted by Gasteiger charge is 2.14. The molecule has 0 aliphatic heterocycles. The van der Waals surface area contributed by atoms with Gasteiger partial charge >= 0.3 is 0 Å². The molecule has 2 rings (SSSR count). The van der Waals surface area contributed by atoms with E-state index in [4.69, 9.17) is 9.84 Å². The summed E-state index contributed by atoms with van der Waals surface area (Å²) in [6, 6.07) is 16.2. The van der Waals surface area contributed by atoms with Gasteiger partial charge in [-0.3, -0.25) is 0 Å². The molecule has 0 bridgehead atoms. The highest BCUT2D eigenvalue weighted by Crippen LogP contribution is 2.25. The van der Waals surface area contributed by atoms with Crippen LogP contribution in [0.2, 0.25) is 0 Å². The number of benzene rings is 2. The first-order valence-corrected chi connectivity index (χ1v) is 8.99. The minimum atomic E-state index is -0.0165. The normalized spacial score (nSPS) is 12.1. The number of aliphatic hydroxyl groups is 2. The molecule has 2 aromatic carbocycles. The topological polar surface area (TPSA) is 61.7 Å². The maximum absolute atomic E-state index is 9.69. The third-order valence-electron chi connectivity index (χ3n) is 4.00. The van der Waals surface area contributed by atoms with E-state index in [-0.39, 0.29) is 12.1 Å². The molecule has 0 aliphatic rings. The van der Waals surface area contributed by atoms with Gasteiger partial charge in [0, 0.05) is 24.8 Å². The summed E-state index contributed by atoms with van der Waals surface area (Å²) in [5.41, 5.74) is 3.27. The first-order valence-electron chi connectivity index (χ1n) is 8.99. The zero-order valence-electron chi connectivity index (χ0n) is 16.6. The number of aliphatic hydroxyl groups excluding tert-OH is 2. The molecular formula is C22H33NO3. The Bertz CT molecular complexity index is 636. The molecule has 144 valence electrons. The van der Waals surface area contributed by atoms with E-state index in [0.29, 0.717) is 12.5 Å². The van der Waals surface area contributed by atoms with Crippen LogP contribution in [0.1, 0.15) is 50.3 Å². The molecule has 0 heterocycles. The van der Waals surface area contributed by atoms with Crippen molar-refractivity contribution in [2.45, 2.75) is 52.4 Å². The molecule has 0 saturated carbocycles. The molecule has 0 aliphatic carbocycles. The molecule has 2 aromatic rings. The Balaban J connectivity index is 0.00000163. The van der Waals surface area contributed by atoms with E-state index in [2.05, 4.69) is 45.1 Å². The van der Waals surface area contributed by atoms with Gasteiger partial charge in [0.15, 0.2) is 0 Å². The largest absolute Gasteiger partial charge is 0.489 e. The van der Waals surface area contributed by atoms with Crippen LogP contribution in [0.4, 0.5) is 0 Å². The van der Waals surface area contributed by atoms with Gasteiger partial charge in [-0.25, -0.2) is 0 Å². The summed E-state index contributed by atoms with van der Waals surface area (Å²) < 4.78 is 5.89. The summed E-state index contributed by atoms with van der Waals surface area (Å²) in [7, 11) is 1.00. The van der Waals surface area contributed by atoms with E-state index >= 15 is 0 Å². The van der Waals surface area contributed by atoms with Gasteiger partial charge < -0.3 is 20.3 Å². The van der Waals surface area contributed by atoms with Crippen LogP contribution in [0, 0.1) is 0 Å². The van der Waals surface area contributed by atoms with Crippen molar-refractivity contribution in [3.05, 3.63) is 65.2 Å². The van der Waals surface area contributed by atoms with E-state index < -0.39 is 0 Å². The van der Waals surface area contributed by atoms with Gasteiger partial charge in [0.2, 0.25) is 0 Å². The number of hydrogen-bond acceptors (Lipinski definition) is 4. The Kier molecular flexibility index (Phi) is 9.35. The Morgan fingerprint density at radius 1 is 1.04 bits per heavy atom. The fraction of sp³-hybridized carbons (Fsp3) is 0.455. The van der Waals surface area contributed by atoms with Gasteiger partial charge in [-0.1, -0.05) is 43.3 Å². The molecule has 0 saturated heterocycles. The zero-order chi connectivity index (χ0) is 19.6. The third kappa shape index (κ3) is 7.56. The number of hydrogen-bond donors (Lipinski definition) is 3. The summed E-state index contributed by atoms with van der Waals surface area (Å²) in [6.45, 7) is 10.1. The smallest absolute Gasteiger partial charge is 0.125 e. The molecule has 4 nitrogen and oxygen atoms in total. The van der Waals surface area contributed by atoms with E-state index in [0.717, 1.165) is 30.5 Å². The second-order valence-electron chi connectivity index (χ2n) is 7.33. The van der Waals surface area contributed by atoms with Crippen molar-refractivity contribution in [1.29, 1.82) is 0 Å². The molecule has 1 unspecified atom stereocenters. The Morgan fingerprint density at radius 3 is 2.27 bits per heavy atom. The van der Waals surface area contributed by atoms with Crippen LogP contribution < -0.4 is 10.1 Å². The predicted octanol–water partition coefficient (Wildman–Crippen LogP) is 3.86. The van der Waals surface area contributed by atoms with Gasteiger partial charge in [0.1, 0.15) is 12.4 Å². The predicted molar refractivity (Wildman–Crippen MR) is 107 cm³/mol. The molecule has 26 heavy (non-hydrogen) atoms. The summed E-state index contributed by atoms with van der Waals surface area (Å²) in [6.07, 6.45) is 0. The Labute approximate surface area is 157 Å². The van der Waals surface area contributed by atoms with Gasteiger partial charge in [-0.05, 0) is 49.9 Å². The standard InChI is InChI=1S/C21H29NO2.CH4O/c1-16(13-22-21(2,3)4)18-10-11-20(19(12-18)14-23)24-15-17-8-6-5-7-9-17;1-2/h5-12,16,22-23H,13-15H2,1-4H3;2H,1H3. The zero-order valence-corrected chi connectivity index (χ0v) is 16.6. The first kappa shape index (κ1) is 22.2. The monoisotopic (exact) mass is 359 g/mol. The molecule has 4 heteroatoms. The lowest BCUT2D eigenvalue weighted by Crippen LogP contribution is -2.38. The van der Waals surface area contributed by atoms with Gasteiger partial charge in [0.05, 0.1) is 6.61 Å². The maximum atomic E-state index is 9.69. The number of nitrogens with one attached hydrogen (secondary N) is 1.